The van der Waals surface area contributed by atoms with Crippen LogP contribution in [-0.2, 0) is 5.41 Å². The van der Waals surface area contributed by atoms with Crippen molar-refractivity contribution in [3.05, 3.63) is 60.4 Å². The van der Waals surface area contributed by atoms with Gasteiger partial charge < -0.3 is 0 Å². The van der Waals surface area contributed by atoms with Gasteiger partial charge in [-0.3, -0.25) is 9.97 Å². The number of pyridine rings is 2. The summed E-state index contributed by atoms with van der Waals surface area (Å²) in [5.74, 6) is 0. The number of fused-ring (bicyclic) bond motifs is 1. The van der Waals surface area contributed by atoms with E-state index in [1.807, 2.05) is 56.3 Å². The summed E-state index contributed by atoms with van der Waals surface area (Å²) in [5, 5.41) is 10.2. The fourth-order valence-corrected chi connectivity index (χ4v) is 2.34. The second-order valence-corrected chi connectivity index (χ2v) is 5.54. The summed E-state index contributed by atoms with van der Waals surface area (Å²) in [6, 6.07) is 16.2. The number of aromatic nitrogens is 2. The predicted molar refractivity (Wildman–Crippen MR) is 83.6 cm³/mol. The van der Waals surface area contributed by atoms with Crippen LogP contribution in [0.15, 0.2) is 54.9 Å². The third kappa shape index (κ3) is 2.36. The van der Waals surface area contributed by atoms with Gasteiger partial charge in [-0.05, 0) is 37.6 Å². The number of benzene rings is 1. The van der Waals surface area contributed by atoms with E-state index in [-0.39, 0.29) is 0 Å². The first kappa shape index (κ1) is 13.3. The summed E-state index contributed by atoms with van der Waals surface area (Å²) < 4.78 is 0. The highest BCUT2D eigenvalue weighted by atomic mass is 14.7. The fraction of sp³-hybridized carbons (Fsp3) is 0.167. The summed E-state index contributed by atoms with van der Waals surface area (Å²) in [4.78, 5) is 8.84. The molecule has 102 valence electrons. The summed E-state index contributed by atoms with van der Waals surface area (Å²) in [5.41, 5.74) is 3.41. The van der Waals surface area contributed by atoms with E-state index in [0.29, 0.717) is 0 Å². The Kier molecular flexibility index (Phi) is 3.15. The van der Waals surface area contributed by atoms with Gasteiger partial charge >= 0.3 is 0 Å². The van der Waals surface area contributed by atoms with Crippen LogP contribution in [0.3, 0.4) is 0 Å². The summed E-state index contributed by atoms with van der Waals surface area (Å²) >= 11 is 0. The number of nitrogens with zero attached hydrogens (tertiary/aromatic N) is 3. The Morgan fingerprint density at radius 2 is 1.71 bits per heavy atom. The van der Waals surface area contributed by atoms with Gasteiger partial charge in [0.1, 0.15) is 0 Å². The van der Waals surface area contributed by atoms with E-state index >= 15 is 0 Å². The van der Waals surface area contributed by atoms with Gasteiger partial charge in [0.05, 0.1) is 22.7 Å². The maximum Gasteiger partial charge on any atom is 0.0795 e. The Morgan fingerprint density at radius 1 is 0.952 bits per heavy atom. The maximum absolute atomic E-state index is 9.20. The van der Waals surface area contributed by atoms with Gasteiger partial charge in [0.2, 0.25) is 0 Å². The van der Waals surface area contributed by atoms with Crippen LogP contribution < -0.4 is 0 Å². The third-order valence-electron chi connectivity index (χ3n) is 3.69. The van der Waals surface area contributed by atoms with Crippen LogP contribution in [0.4, 0.5) is 0 Å². The molecule has 0 aliphatic rings. The van der Waals surface area contributed by atoms with Crippen LogP contribution in [0.1, 0.15) is 19.4 Å². The van der Waals surface area contributed by atoms with Crippen LogP contribution in [0.25, 0.3) is 22.2 Å². The molecule has 0 radical (unpaired) electrons. The van der Waals surface area contributed by atoms with Crippen LogP contribution in [0.2, 0.25) is 0 Å². The molecule has 0 N–H and O–H groups in total. The molecule has 3 heteroatoms. The lowest BCUT2D eigenvalue weighted by atomic mass is 9.86. The third-order valence-corrected chi connectivity index (χ3v) is 3.69. The van der Waals surface area contributed by atoms with Crippen LogP contribution in [-0.4, -0.2) is 9.97 Å². The molecule has 3 rings (SSSR count). The van der Waals surface area contributed by atoms with E-state index in [1.54, 1.807) is 12.4 Å². The monoisotopic (exact) mass is 273 g/mol. The highest BCUT2D eigenvalue weighted by Gasteiger charge is 2.19. The Hall–Kier alpha value is -2.73. The first-order chi connectivity index (χ1) is 10.1. The molecular weight excluding hydrogens is 258 g/mol. The van der Waals surface area contributed by atoms with E-state index in [2.05, 4.69) is 16.0 Å². The average molecular weight is 273 g/mol. The highest BCUT2D eigenvalue weighted by Crippen LogP contribution is 2.28. The zero-order chi connectivity index (χ0) is 14.9. The van der Waals surface area contributed by atoms with Crippen LogP contribution in [0, 0.1) is 11.3 Å². The van der Waals surface area contributed by atoms with Crippen molar-refractivity contribution < 1.29 is 0 Å². The molecule has 2 heterocycles. The molecule has 0 atom stereocenters. The van der Waals surface area contributed by atoms with Crippen LogP contribution >= 0.6 is 0 Å². The van der Waals surface area contributed by atoms with E-state index in [1.165, 1.54) is 0 Å². The normalized spacial score (nSPS) is 11.3. The number of hydrogen-bond acceptors (Lipinski definition) is 3. The topological polar surface area (TPSA) is 49.6 Å². The average Bonchev–Trinajstić information content (AvgIpc) is 2.54. The highest BCUT2D eigenvalue weighted by molar-refractivity contribution is 5.91. The molecule has 0 aliphatic carbocycles. The van der Waals surface area contributed by atoms with Crippen molar-refractivity contribution >= 4 is 10.9 Å². The minimum absolute atomic E-state index is 0.480. The zero-order valence-electron chi connectivity index (χ0n) is 12.0. The standard InChI is InChI=1S/C18H15N3/c1-18(2,12-19)14-7-5-13(6-8-14)17-15-4-3-10-20-16(15)9-11-21-17/h3-11H,1-2H3. The van der Waals surface area contributed by atoms with Crippen LogP contribution in [0.5, 0.6) is 0 Å². The molecule has 0 fully saturated rings. The van der Waals surface area contributed by atoms with Crippen molar-refractivity contribution in [3.63, 3.8) is 0 Å². The first-order valence-corrected chi connectivity index (χ1v) is 6.84. The number of nitriles is 1. The summed E-state index contributed by atoms with van der Waals surface area (Å²) in [6.45, 7) is 3.84. The van der Waals surface area contributed by atoms with E-state index in [9.17, 15) is 5.26 Å². The Balaban J connectivity index is 2.10. The van der Waals surface area contributed by atoms with Crippen molar-refractivity contribution in [2.24, 2.45) is 0 Å². The van der Waals surface area contributed by atoms with Crippen molar-refractivity contribution in [1.82, 2.24) is 9.97 Å². The van der Waals surface area contributed by atoms with Gasteiger partial charge in [-0.15, -0.1) is 0 Å². The van der Waals surface area contributed by atoms with Crippen molar-refractivity contribution in [2.75, 3.05) is 0 Å². The summed E-state index contributed by atoms with van der Waals surface area (Å²) in [7, 11) is 0. The zero-order valence-corrected chi connectivity index (χ0v) is 12.0. The van der Waals surface area contributed by atoms with Crippen molar-refractivity contribution in [2.45, 2.75) is 19.3 Å². The minimum atomic E-state index is -0.480. The van der Waals surface area contributed by atoms with Gasteiger partial charge in [-0.1, -0.05) is 24.3 Å². The SMILES string of the molecule is CC(C)(C#N)c1ccc(-c2nccc3ncccc23)cc1. The molecule has 1 aromatic carbocycles. The largest absolute Gasteiger partial charge is 0.256 e. The second-order valence-electron chi connectivity index (χ2n) is 5.54. The van der Waals surface area contributed by atoms with Gasteiger partial charge in [-0.2, -0.15) is 5.26 Å². The molecule has 3 nitrogen and oxygen atoms in total. The van der Waals surface area contributed by atoms with Crippen molar-refractivity contribution in [1.29, 1.82) is 5.26 Å². The smallest absolute Gasteiger partial charge is 0.0795 e. The van der Waals surface area contributed by atoms with E-state index in [4.69, 9.17) is 0 Å². The van der Waals surface area contributed by atoms with Gasteiger partial charge in [-0.25, -0.2) is 0 Å². The minimum Gasteiger partial charge on any atom is -0.256 e. The summed E-state index contributed by atoms with van der Waals surface area (Å²) in [6.07, 6.45) is 3.56. The molecule has 0 spiro atoms. The lowest BCUT2D eigenvalue weighted by Gasteiger charge is -2.16. The Morgan fingerprint density at radius 3 is 2.43 bits per heavy atom. The van der Waals surface area contributed by atoms with Gasteiger partial charge in [0.15, 0.2) is 0 Å². The maximum atomic E-state index is 9.20. The van der Waals surface area contributed by atoms with Gasteiger partial charge in [0, 0.05) is 23.3 Å². The second kappa shape index (κ2) is 4.99. The first-order valence-electron chi connectivity index (χ1n) is 6.84. The molecule has 0 unspecified atom stereocenters. The van der Waals surface area contributed by atoms with E-state index in [0.717, 1.165) is 27.7 Å². The molecule has 0 saturated heterocycles. The molecule has 2 aromatic heterocycles. The molecule has 0 bridgehead atoms. The number of hydrogen-bond donors (Lipinski definition) is 0. The fourth-order valence-electron chi connectivity index (χ4n) is 2.34. The lowest BCUT2D eigenvalue weighted by molar-refractivity contribution is 0.687. The molecule has 0 amide bonds. The molecule has 3 aromatic rings. The Labute approximate surface area is 123 Å². The van der Waals surface area contributed by atoms with E-state index < -0.39 is 5.41 Å². The van der Waals surface area contributed by atoms with Gasteiger partial charge in [0.25, 0.3) is 0 Å². The molecule has 0 saturated carbocycles. The predicted octanol–water partition coefficient (Wildman–Crippen LogP) is 4.10. The molecule has 21 heavy (non-hydrogen) atoms. The van der Waals surface area contributed by atoms with Crippen molar-refractivity contribution in [3.8, 4) is 17.3 Å². The number of rotatable bonds is 2. The quantitative estimate of drug-likeness (QED) is 0.706. The Bertz CT molecular complexity index is 822. The molecular formula is C18H15N3. The lowest BCUT2D eigenvalue weighted by Crippen LogP contribution is -2.13. The molecule has 0 aliphatic heterocycles.